The number of benzene rings is 1. The van der Waals surface area contributed by atoms with Gasteiger partial charge in [-0.15, -0.1) is 0 Å². The van der Waals surface area contributed by atoms with E-state index < -0.39 is 15.6 Å². The minimum Gasteiger partial charge on any atom is -0.398 e. The highest BCUT2D eigenvalue weighted by molar-refractivity contribution is 7.89. The summed E-state index contributed by atoms with van der Waals surface area (Å²) in [7, 11) is -3.68. The lowest BCUT2D eigenvalue weighted by atomic mass is 10.0. The van der Waals surface area contributed by atoms with Gasteiger partial charge in [0.1, 0.15) is 4.90 Å². The van der Waals surface area contributed by atoms with Crippen molar-refractivity contribution in [2.75, 3.05) is 18.9 Å². The van der Waals surface area contributed by atoms with E-state index in [2.05, 4.69) is 4.72 Å². The number of nitrogens with two attached hydrogens (primary N) is 1. The molecule has 0 aliphatic carbocycles. The highest BCUT2D eigenvalue weighted by Gasteiger charge is 2.31. The summed E-state index contributed by atoms with van der Waals surface area (Å²) in [5.74, 6) is 0. The molecule has 1 aromatic carbocycles. The highest BCUT2D eigenvalue weighted by Crippen LogP contribution is 2.26. The lowest BCUT2D eigenvalue weighted by Gasteiger charge is -2.23. The molecule has 1 fully saturated rings. The Labute approximate surface area is 118 Å². The average Bonchev–Trinajstić information content (AvgIpc) is 2.78. The molecule has 0 bridgehead atoms. The first-order valence-electron chi connectivity index (χ1n) is 6.01. The van der Waals surface area contributed by atoms with Crippen LogP contribution in [0.5, 0.6) is 0 Å². The van der Waals surface area contributed by atoms with Crippen molar-refractivity contribution in [1.82, 2.24) is 4.72 Å². The van der Waals surface area contributed by atoms with Crippen LogP contribution in [0, 0.1) is 0 Å². The van der Waals surface area contributed by atoms with Gasteiger partial charge in [0.25, 0.3) is 0 Å². The molecular formula is C12H17ClN2O3S. The molecular weight excluding hydrogens is 288 g/mol. The Bertz CT molecular complexity index is 568. The summed E-state index contributed by atoms with van der Waals surface area (Å²) in [5, 5.41) is 0.331. The first kappa shape index (κ1) is 14.6. The third-order valence-electron chi connectivity index (χ3n) is 3.20. The Kier molecular flexibility index (Phi) is 4.06. The fraction of sp³-hybridized carbons (Fsp3) is 0.500. The van der Waals surface area contributed by atoms with Crippen LogP contribution in [0.3, 0.4) is 0 Å². The van der Waals surface area contributed by atoms with E-state index >= 15 is 0 Å². The van der Waals surface area contributed by atoms with E-state index in [9.17, 15) is 8.42 Å². The topological polar surface area (TPSA) is 81.4 Å². The van der Waals surface area contributed by atoms with Crippen LogP contribution in [0.1, 0.15) is 19.8 Å². The molecule has 1 aliphatic rings. The molecule has 1 atom stereocenters. The van der Waals surface area contributed by atoms with Gasteiger partial charge in [-0.1, -0.05) is 11.6 Å². The molecule has 0 amide bonds. The van der Waals surface area contributed by atoms with Crippen molar-refractivity contribution in [3.8, 4) is 0 Å². The molecule has 19 heavy (non-hydrogen) atoms. The SMILES string of the molecule is CC1(CNS(=O)(=O)c2cc(Cl)ccc2N)CCCO1. The molecule has 1 aliphatic heterocycles. The van der Waals surface area contributed by atoms with Crippen LogP contribution in [0.15, 0.2) is 23.1 Å². The molecule has 106 valence electrons. The van der Waals surface area contributed by atoms with Crippen LogP contribution in [0.2, 0.25) is 5.02 Å². The summed E-state index contributed by atoms with van der Waals surface area (Å²) in [6.07, 6.45) is 1.78. The Morgan fingerprint density at radius 1 is 1.53 bits per heavy atom. The van der Waals surface area contributed by atoms with Gasteiger partial charge < -0.3 is 10.5 Å². The summed E-state index contributed by atoms with van der Waals surface area (Å²) in [5.41, 5.74) is 5.41. The van der Waals surface area contributed by atoms with Crippen molar-refractivity contribution in [2.45, 2.75) is 30.3 Å². The highest BCUT2D eigenvalue weighted by atomic mass is 35.5. The Morgan fingerprint density at radius 3 is 2.89 bits per heavy atom. The van der Waals surface area contributed by atoms with Gasteiger partial charge in [-0.2, -0.15) is 0 Å². The van der Waals surface area contributed by atoms with Gasteiger partial charge in [0, 0.05) is 18.2 Å². The quantitative estimate of drug-likeness (QED) is 0.831. The van der Waals surface area contributed by atoms with Crippen molar-refractivity contribution >= 4 is 27.3 Å². The van der Waals surface area contributed by atoms with E-state index in [0.29, 0.717) is 11.6 Å². The van der Waals surface area contributed by atoms with Gasteiger partial charge in [0.2, 0.25) is 10.0 Å². The van der Waals surface area contributed by atoms with E-state index in [4.69, 9.17) is 22.1 Å². The summed E-state index contributed by atoms with van der Waals surface area (Å²) in [6.45, 7) is 2.78. The molecule has 5 nitrogen and oxygen atoms in total. The van der Waals surface area contributed by atoms with Crippen molar-refractivity contribution in [2.24, 2.45) is 0 Å². The van der Waals surface area contributed by atoms with Gasteiger partial charge in [-0.25, -0.2) is 13.1 Å². The third-order valence-corrected chi connectivity index (χ3v) is 4.89. The second kappa shape index (κ2) is 5.28. The third kappa shape index (κ3) is 3.39. The van der Waals surface area contributed by atoms with Crippen LogP contribution in [-0.4, -0.2) is 27.2 Å². The van der Waals surface area contributed by atoms with Crippen molar-refractivity contribution in [3.63, 3.8) is 0 Å². The number of nitrogens with one attached hydrogen (secondary N) is 1. The van der Waals surface area contributed by atoms with E-state index in [-0.39, 0.29) is 17.1 Å². The van der Waals surface area contributed by atoms with Crippen LogP contribution in [0.25, 0.3) is 0 Å². The fourth-order valence-corrected chi connectivity index (χ4v) is 3.59. The van der Waals surface area contributed by atoms with Gasteiger partial charge in [0.15, 0.2) is 0 Å². The second-order valence-corrected chi connectivity index (χ2v) is 7.08. The lowest BCUT2D eigenvalue weighted by molar-refractivity contribution is 0.0250. The Morgan fingerprint density at radius 2 is 2.26 bits per heavy atom. The fourth-order valence-electron chi connectivity index (χ4n) is 2.04. The van der Waals surface area contributed by atoms with Crippen LogP contribution >= 0.6 is 11.6 Å². The lowest BCUT2D eigenvalue weighted by Crippen LogP contribution is -2.40. The summed E-state index contributed by atoms with van der Waals surface area (Å²) in [4.78, 5) is 0.00148. The largest absolute Gasteiger partial charge is 0.398 e. The van der Waals surface area contributed by atoms with Gasteiger partial charge in [-0.05, 0) is 38.0 Å². The van der Waals surface area contributed by atoms with Crippen molar-refractivity contribution in [3.05, 3.63) is 23.2 Å². The molecule has 0 radical (unpaired) electrons. The normalized spacial score (nSPS) is 23.7. The maximum Gasteiger partial charge on any atom is 0.242 e. The Balaban J connectivity index is 2.16. The molecule has 0 spiro atoms. The standard InChI is InChI=1S/C12H17ClN2O3S/c1-12(5-2-6-18-12)8-15-19(16,17)11-7-9(13)3-4-10(11)14/h3-4,7,15H,2,5-6,8,14H2,1H3. The maximum atomic E-state index is 12.2. The zero-order valence-electron chi connectivity index (χ0n) is 10.6. The number of ether oxygens (including phenoxy) is 1. The number of nitrogen functional groups attached to an aromatic ring is 1. The molecule has 0 saturated carbocycles. The summed E-state index contributed by atoms with van der Waals surface area (Å²) >= 11 is 5.81. The molecule has 1 unspecified atom stereocenters. The maximum absolute atomic E-state index is 12.2. The molecule has 2 rings (SSSR count). The Hall–Kier alpha value is -0.820. The number of anilines is 1. The zero-order chi connectivity index (χ0) is 14.1. The molecule has 1 aromatic rings. The minimum absolute atomic E-state index is 0.00148. The molecule has 7 heteroatoms. The van der Waals surface area contributed by atoms with E-state index in [1.54, 1.807) is 6.07 Å². The average molecular weight is 305 g/mol. The van der Waals surface area contributed by atoms with Gasteiger partial charge in [-0.3, -0.25) is 0 Å². The molecule has 0 aromatic heterocycles. The van der Waals surface area contributed by atoms with Gasteiger partial charge >= 0.3 is 0 Å². The van der Waals surface area contributed by atoms with Crippen LogP contribution in [0.4, 0.5) is 5.69 Å². The smallest absolute Gasteiger partial charge is 0.242 e. The van der Waals surface area contributed by atoms with Crippen molar-refractivity contribution < 1.29 is 13.2 Å². The summed E-state index contributed by atoms with van der Waals surface area (Å²) < 4.78 is 32.5. The zero-order valence-corrected chi connectivity index (χ0v) is 12.2. The van der Waals surface area contributed by atoms with E-state index in [1.807, 2.05) is 6.92 Å². The predicted molar refractivity (Wildman–Crippen MR) is 74.6 cm³/mol. The first-order valence-corrected chi connectivity index (χ1v) is 7.87. The predicted octanol–water partition coefficient (Wildman–Crippen LogP) is 1.77. The molecule has 3 N–H and O–H groups in total. The molecule has 1 saturated heterocycles. The van der Waals surface area contributed by atoms with Crippen LogP contribution < -0.4 is 10.5 Å². The number of hydrogen-bond acceptors (Lipinski definition) is 4. The monoisotopic (exact) mass is 304 g/mol. The molecule has 1 heterocycles. The second-order valence-electron chi connectivity index (χ2n) is 4.91. The number of sulfonamides is 1. The number of rotatable bonds is 4. The van der Waals surface area contributed by atoms with E-state index in [0.717, 1.165) is 12.8 Å². The summed E-state index contributed by atoms with van der Waals surface area (Å²) in [6, 6.07) is 4.37. The van der Waals surface area contributed by atoms with Crippen molar-refractivity contribution in [1.29, 1.82) is 0 Å². The van der Waals surface area contributed by atoms with Crippen LogP contribution in [-0.2, 0) is 14.8 Å². The number of halogens is 1. The number of hydrogen-bond donors (Lipinski definition) is 2. The minimum atomic E-state index is -3.68. The van der Waals surface area contributed by atoms with Gasteiger partial charge in [0.05, 0.1) is 11.3 Å². The van der Waals surface area contributed by atoms with E-state index in [1.165, 1.54) is 12.1 Å². The first-order chi connectivity index (χ1) is 8.82.